The largest absolute Gasteiger partial charge is 0.388 e. The molecule has 1 atom stereocenters. The molecule has 1 aromatic heterocycles. The molecule has 0 aliphatic heterocycles. The summed E-state index contributed by atoms with van der Waals surface area (Å²) in [6, 6.07) is 0. The second-order valence-corrected chi connectivity index (χ2v) is 5.33. The zero-order valence-electron chi connectivity index (χ0n) is 6.88. The molecule has 0 saturated heterocycles. The zero-order chi connectivity index (χ0) is 8.77. The van der Waals surface area contributed by atoms with E-state index in [0.29, 0.717) is 0 Å². The second-order valence-electron chi connectivity index (χ2n) is 3.73. The molecule has 12 heavy (non-hydrogen) atoms. The molecule has 3 heteroatoms. The van der Waals surface area contributed by atoms with Crippen LogP contribution in [0.4, 0.5) is 0 Å². The van der Waals surface area contributed by atoms with Gasteiger partial charge < -0.3 is 5.11 Å². The van der Waals surface area contributed by atoms with Gasteiger partial charge in [0, 0.05) is 15.4 Å². The van der Waals surface area contributed by atoms with Crippen LogP contribution in [0.3, 0.4) is 0 Å². The SMILES string of the molecule is CC1(C(O)c2cscc2Br)CC1. The van der Waals surface area contributed by atoms with E-state index in [1.807, 2.05) is 10.8 Å². The lowest BCUT2D eigenvalue weighted by atomic mass is 9.97. The topological polar surface area (TPSA) is 20.2 Å². The fourth-order valence-corrected chi connectivity index (χ4v) is 2.87. The number of rotatable bonds is 2. The van der Waals surface area contributed by atoms with Crippen LogP contribution < -0.4 is 0 Å². The standard InChI is InChI=1S/C9H11BrOS/c1-9(2-3-9)8(11)6-4-12-5-7(6)10/h4-5,8,11H,2-3H2,1H3. The molecule has 1 heterocycles. The first kappa shape index (κ1) is 8.73. The molecular formula is C9H11BrOS. The summed E-state index contributed by atoms with van der Waals surface area (Å²) in [5.41, 5.74) is 1.21. The van der Waals surface area contributed by atoms with Crippen molar-refractivity contribution in [1.29, 1.82) is 0 Å². The third-order valence-corrected chi connectivity index (χ3v) is 4.39. The fraction of sp³-hybridized carbons (Fsp3) is 0.556. The Morgan fingerprint density at radius 3 is 2.67 bits per heavy atom. The van der Waals surface area contributed by atoms with Gasteiger partial charge >= 0.3 is 0 Å². The van der Waals surface area contributed by atoms with Crippen LogP contribution in [0.5, 0.6) is 0 Å². The van der Waals surface area contributed by atoms with Crippen LogP contribution in [0.25, 0.3) is 0 Å². The lowest BCUT2D eigenvalue weighted by Crippen LogP contribution is -2.08. The average Bonchev–Trinajstić information content (AvgIpc) is 2.63. The zero-order valence-corrected chi connectivity index (χ0v) is 9.28. The van der Waals surface area contributed by atoms with E-state index >= 15 is 0 Å². The summed E-state index contributed by atoms with van der Waals surface area (Å²) in [5.74, 6) is 0. The fourth-order valence-electron chi connectivity index (χ4n) is 1.33. The van der Waals surface area contributed by atoms with E-state index in [9.17, 15) is 5.11 Å². The Morgan fingerprint density at radius 2 is 2.25 bits per heavy atom. The van der Waals surface area contributed by atoms with Crippen molar-refractivity contribution in [1.82, 2.24) is 0 Å². The summed E-state index contributed by atoms with van der Waals surface area (Å²) >= 11 is 5.07. The molecule has 1 aliphatic carbocycles. The van der Waals surface area contributed by atoms with Crippen molar-refractivity contribution in [3.05, 3.63) is 20.8 Å². The average molecular weight is 247 g/mol. The molecule has 1 aromatic rings. The van der Waals surface area contributed by atoms with Crippen LogP contribution in [0, 0.1) is 5.41 Å². The number of hydrogen-bond acceptors (Lipinski definition) is 2. The third kappa shape index (κ3) is 1.34. The van der Waals surface area contributed by atoms with Crippen molar-refractivity contribution in [3.8, 4) is 0 Å². The minimum atomic E-state index is -0.280. The minimum absolute atomic E-state index is 0.156. The Balaban J connectivity index is 2.25. The van der Waals surface area contributed by atoms with Gasteiger partial charge in [-0.05, 0) is 39.6 Å². The number of aliphatic hydroxyl groups is 1. The normalized spacial score (nSPS) is 22.2. The summed E-state index contributed by atoms with van der Waals surface area (Å²) in [5, 5.41) is 14.0. The van der Waals surface area contributed by atoms with Crippen LogP contribution in [0.1, 0.15) is 31.4 Å². The molecule has 1 aliphatic rings. The molecule has 2 rings (SSSR count). The van der Waals surface area contributed by atoms with Crippen LogP contribution in [0.15, 0.2) is 15.2 Å². The highest BCUT2D eigenvalue weighted by atomic mass is 79.9. The van der Waals surface area contributed by atoms with E-state index in [2.05, 4.69) is 22.9 Å². The van der Waals surface area contributed by atoms with Crippen molar-refractivity contribution in [3.63, 3.8) is 0 Å². The highest BCUT2D eigenvalue weighted by Gasteiger charge is 2.45. The van der Waals surface area contributed by atoms with Crippen molar-refractivity contribution in [2.75, 3.05) is 0 Å². The molecule has 1 N–H and O–H groups in total. The van der Waals surface area contributed by atoms with E-state index < -0.39 is 0 Å². The van der Waals surface area contributed by atoms with Gasteiger partial charge in [-0.1, -0.05) is 6.92 Å². The van der Waals surface area contributed by atoms with E-state index in [-0.39, 0.29) is 11.5 Å². The number of thiophene rings is 1. The first-order chi connectivity index (χ1) is 5.63. The second kappa shape index (κ2) is 2.82. The third-order valence-electron chi connectivity index (χ3n) is 2.64. The summed E-state index contributed by atoms with van der Waals surface area (Å²) in [6.07, 6.45) is 2.02. The Hall–Kier alpha value is 0.140. The van der Waals surface area contributed by atoms with Gasteiger partial charge in [-0.25, -0.2) is 0 Å². The van der Waals surface area contributed by atoms with Crippen molar-refractivity contribution >= 4 is 27.3 Å². The summed E-state index contributed by atoms with van der Waals surface area (Å²) in [4.78, 5) is 0. The predicted molar refractivity (Wildman–Crippen MR) is 54.3 cm³/mol. The molecule has 0 bridgehead atoms. The van der Waals surface area contributed by atoms with Crippen molar-refractivity contribution < 1.29 is 5.11 Å². The lowest BCUT2D eigenvalue weighted by molar-refractivity contribution is 0.103. The smallest absolute Gasteiger partial charge is 0.0862 e. The highest BCUT2D eigenvalue weighted by molar-refractivity contribution is 9.10. The van der Waals surface area contributed by atoms with Gasteiger partial charge in [-0.15, -0.1) is 0 Å². The Kier molecular flexibility index (Phi) is 2.05. The van der Waals surface area contributed by atoms with Crippen LogP contribution in [-0.4, -0.2) is 5.11 Å². The molecule has 66 valence electrons. The molecule has 0 aromatic carbocycles. The molecule has 0 spiro atoms. The van der Waals surface area contributed by atoms with Gasteiger partial charge in [0.05, 0.1) is 6.10 Å². The number of hydrogen-bond donors (Lipinski definition) is 1. The first-order valence-electron chi connectivity index (χ1n) is 4.03. The van der Waals surface area contributed by atoms with Crippen molar-refractivity contribution in [2.45, 2.75) is 25.9 Å². The van der Waals surface area contributed by atoms with Gasteiger partial charge in [0.25, 0.3) is 0 Å². The van der Waals surface area contributed by atoms with Crippen molar-refractivity contribution in [2.24, 2.45) is 5.41 Å². The quantitative estimate of drug-likeness (QED) is 0.849. The monoisotopic (exact) mass is 246 g/mol. The van der Waals surface area contributed by atoms with Crippen LogP contribution >= 0.6 is 27.3 Å². The Labute approximate surface area is 84.6 Å². The van der Waals surface area contributed by atoms with E-state index in [1.54, 1.807) is 11.3 Å². The number of halogens is 1. The Morgan fingerprint density at radius 1 is 1.58 bits per heavy atom. The maximum Gasteiger partial charge on any atom is 0.0862 e. The molecule has 0 radical (unpaired) electrons. The summed E-state index contributed by atoms with van der Waals surface area (Å²) in [6.45, 7) is 2.14. The van der Waals surface area contributed by atoms with E-state index in [0.717, 1.165) is 22.9 Å². The summed E-state index contributed by atoms with van der Waals surface area (Å²) in [7, 11) is 0. The van der Waals surface area contributed by atoms with Gasteiger partial charge in [0.1, 0.15) is 0 Å². The minimum Gasteiger partial charge on any atom is -0.388 e. The molecular weight excluding hydrogens is 236 g/mol. The number of aliphatic hydroxyl groups excluding tert-OH is 1. The first-order valence-corrected chi connectivity index (χ1v) is 5.77. The van der Waals surface area contributed by atoms with Crippen LogP contribution in [0.2, 0.25) is 0 Å². The van der Waals surface area contributed by atoms with E-state index in [4.69, 9.17) is 0 Å². The lowest BCUT2D eigenvalue weighted by Gasteiger charge is -2.16. The maximum atomic E-state index is 9.97. The van der Waals surface area contributed by atoms with Gasteiger partial charge in [-0.3, -0.25) is 0 Å². The van der Waals surface area contributed by atoms with Gasteiger partial charge in [0.15, 0.2) is 0 Å². The van der Waals surface area contributed by atoms with Gasteiger partial charge in [-0.2, -0.15) is 11.3 Å². The molecule has 1 saturated carbocycles. The van der Waals surface area contributed by atoms with Gasteiger partial charge in [0.2, 0.25) is 0 Å². The molecule has 1 fully saturated rings. The van der Waals surface area contributed by atoms with E-state index in [1.165, 1.54) is 0 Å². The molecule has 1 nitrogen and oxygen atoms in total. The maximum absolute atomic E-state index is 9.97. The molecule has 0 amide bonds. The summed E-state index contributed by atoms with van der Waals surface area (Å²) < 4.78 is 1.05. The predicted octanol–water partition coefficient (Wildman–Crippen LogP) is 3.34. The highest BCUT2D eigenvalue weighted by Crippen LogP contribution is 2.55. The Bertz CT molecular complexity index is 290. The molecule has 1 unspecified atom stereocenters. The van der Waals surface area contributed by atoms with Crippen LogP contribution in [-0.2, 0) is 0 Å².